The summed E-state index contributed by atoms with van der Waals surface area (Å²) in [5.41, 5.74) is 4.07. The summed E-state index contributed by atoms with van der Waals surface area (Å²) in [7, 11) is 0. The van der Waals surface area contributed by atoms with Crippen LogP contribution in [0.2, 0.25) is 5.02 Å². The maximum absolute atomic E-state index is 12.3. The zero-order valence-corrected chi connectivity index (χ0v) is 18.6. The number of likely N-dealkylation sites (tertiary alicyclic amines) is 1. The van der Waals surface area contributed by atoms with Crippen LogP contribution in [0.1, 0.15) is 30.4 Å². The Morgan fingerprint density at radius 2 is 1.91 bits per heavy atom. The van der Waals surface area contributed by atoms with E-state index in [1.165, 1.54) is 11.1 Å². The van der Waals surface area contributed by atoms with Gasteiger partial charge < -0.3 is 0 Å². The van der Waals surface area contributed by atoms with Gasteiger partial charge in [-0.15, -0.1) is 0 Å². The molecule has 2 fully saturated rings. The Balaban J connectivity index is 1.24. The summed E-state index contributed by atoms with van der Waals surface area (Å²) in [6, 6.07) is 11.9. The van der Waals surface area contributed by atoms with Gasteiger partial charge in [0.25, 0.3) is 0 Å². The highest BCUT2D eigenvalue weighted by Gasteiger charge is 2.27. The molecule has 0 spiro atoms. The highest BCUT2D eigenvalue weighted by molar-refractivity contribution is 6.31. The second-order valence-electron chi connectivity index (χ2n) is 8.66. The Morgan fingerprint density at radius 3 is 2.69 bits per heavy atom. The average molecular weight is 452 g/mol. The smallest absolute Gasteiger partial charge is 0.299 e. The highest BCUT2D eigenvalue weighted by Crippen LogP contribution is 2.28. The number of imide groups is 1. The van der Waals surface area contributed by atoms with Crippen molar-refractivity contribution in [2.24, 2.45) is 5.92 Å². The van der Waals surface area contributed by atoms with E-state index < -0.39 is 0 Å². The molecular weight excluding hydrogens is 426 g/mol. The number of amides is 3. The van der Waals surface area contributed by atoms with E-state index in [-0.39, 0.29) is 11.9 Å². The van der Waals surface area contributed by atoms with E-state index in [1.54, 1.807) is 15.6 Å². The lowest BCUT2D eigenvalue weighted by Gasteiger charge is -2.32. The van der Waals surface area contributed by atoms with Gasteiger partial charge in [0.05, 0.1) is 17.4 Å². The van der Waals surface area contributed by atoms with Gasteiger partial charge in [-0.05, 0) is 67.6 Å². The lowest BCUT2D eigenvalue weighted by molar-refractivity contribution is -0.120. The van der Waals surface area contributed by atoms with Gasteiger partial charge >= 0.3 is 6.03 Å². The SMILES string of the molecule is O=C1CCN(c2cnn3ccc(CC4CCN(Cc5ccccc5Cl)CC4)cc23)C(=O)N1. The number of carbonyl (C=O) groups excluding carboxylic acids is 2. The number of pyridine rings is 1. The minimum absolute atomic E-state index is 0.232. The molecule has 7 nitrogen and oxygen atoms in total. The molecule has 0 radical (unpaired) electrons. The molecule has 2 aliphatic heterocycles. The highest BCUT2D eigenvalue weighted by atomic mass is 35.5. The van der Waals surface area contributed by atoms with Crippen molar-refractivity contribution in [1.82, 2.24) is 19.8 Å². The third kappa shape index (κ3) is 4.36. The number of piperidine rings is 1. The summed E-state index contributed by atoms with van der Waals surface area (Å²) in [5.74, 6) is 0.395. The van der Waals surface area contributed by atoms with E-state index in [0.717, 1.165) is 55.1 Å². The number of urea groups is 1. The van der Waals surface area contributed by atoms with Crippen molar-refractivity contribution < 1.29 is 9.59 Å². The molecule has 8 heteroatoms. The zero-order valence-electron chi connectivity index (χ0n) is 17.8. The normalized spacial score (nSPS) is 18.3. The third-order valence-corrected chi connectivity index (χ3v) is 6.86. The Morgan fingerprint density at radius 1 is 1.09 bits per heavy atom. The van der Waals surface area contributed by atoms with E-state index in [2.05, 4.69) is 33.5 Å². The third-order valence-electron chi connectivity index (χ3n) is 6.49. The number of rotatable bonds is 5. The van der Waals surface area contributed by atoms with Crippen LogP contribution < -0.4 is 10.2 Å². The number of nitrogens with one attached hydrogen (secondary N) is 1. The second kappa shape index (κ2) is 8.92. The standard InChI is InChI=1S/C24H26ClN5O2/c25-20-4-2-1-3-19(20)16-28-9-5-17(6-10-28)13-18-7-12-30-21(14-18)22(15-26-30)29-11-8-23(31)27-24(29)32/h1-4,7,12,14-15,17H,5-6,8-11,13,16H2,(H,27,31,32). The summed E-state index contributed by atoms with van der Waals surface area (Å²) in [6.07, 6.45) is 7.26. The lowest BCUT2D eigenvalue weighted by Crippen LogP contribution is -2.49. The molecule has 2 aliphatic rings. The molecule has 0 aliphatic carbocycles. The molecule has 5 rings (SSSR count). The van der Waals surface area contributed by atoms with Crippen LogP contribution in [0.25, 0.3) is 5.52 Å². The Kier molecular flexibility index (Phi) is 5.85. The van der Waals surface area contributed by atoms with Crippen molar-refractivity contribution in [3.63, 3.8) is 0 Å². The summed E-state index contributed by atoms with van der Waals surface area (Å²) >= 11 is 6.32. The van der Waals surface area contributed by atoms with Crippen LogP contribution in [0.4, 0.5) is 10.5 Å². The lowest BCUT2D eigenvalue weighted by atomic mass is 9.90. The minimum Gasteiger partial charge on any atom is -0.299 e. The molecule has 3 amide bonds. The molecule has 4 heterocycles. The van der Waals surface area contributed by atoms with Crippen LogP contribution in [-0.2, 0) is 17.8 Å². The van der Waals surface area contributed by atoms with E-state index in [9.17, 15) is 9.59 Å². The number of nitrogens with zero attached hydrogens (tertiary/aromatic N) is 4. The van der Waals surface area contributed by atoms with Gasteiger partial charge in [-0.25, -0.2) is 9.31 Å². The van der Waals surface area contributed by atoms with Gasteiger partial charge in [0.2, 0.25) is 5.91 Å². The first-order valence-electron chi connectivity index (χ1n) is 11.1. The van der Waals surface area contributed by atoms with Gasteiger partial charge in [-0.2, -0.15) is 5.10 Å². The van der Waals surface area contributed by atoms with Crippen molar-refractivity contribution in [2.75, 3.05) is 24.5 Å². The predicted octanol–water partition coefficient (Wildman–Crippen LogP) is 3.89. The molecule has 166 valence electrons. The summed E-state index contributed by atoms with van der Waals surface area (Å²) in [5, 5.41) is 7.61. The number of carbonyl (C=O) groups is 2. The van der Waals surface area contributed by atoms with Gasteiger partial charge in [0, 0.05) is 30.7 Å². The first kappa shape index (κ1) is 21.0. The van der Waals surface area contributed by atoms with Crippen molar-refractivity contribution in [2.45, 2.75) is 32.2 Å². The first-order valence-corrected chi connectivity index (χ1v) is 11.5. The van der Waals surface area contributed by atoms with Crippen molar-refractivity contribution in [3.05, 3.63) is 64.9 Å². The molecule has 1 aromatic carbocycles. The molecule has 0 atom stereocenters. The number of hydrogen-bond donors (Lipinski definition) is 1. The first-order chi connectivity index (χ1) is 15.6. The van der Waals surface area contributed by atoms with Gasteiger partial charge in [-0.3, -0.25) is 19.9 Å². The van der Waals surface area contributed by atoms with Gasteiger partial charge in [0.15, 0.2) is 0 Å². The molecule has 32 heavy (non-hydrogen) atoms. The molecule has 2 saturated heterocycles. The minimum atomic E-state index is -0.382. The fraction of sp³-hybridized carbons (Fsp3) is 0.375. The monoisotopic (exact) mass is 451 g/mol. The van der Waals surface area contributed by atoms with Crippen LogP contribution in [0, 0.1) is 5.92 Å². The molecule has 2 aromatic heterocycles. The van der Waals surface area contributed by atoms with Crippen LogP contribution in [0.3, 0.4) is 0 Å². The summed E-state index contributed by atoms with van der Waals surface area (Å²) < 4.78 is 1.79. The Bertz CT molecular complexity index is 1150. The maximum Gasteiger partial charge on any atom is 0.328 e. The molecule has 1 N–H and O–H groups in total. The number of hydrogen-bond acceptors (Lipinski definition) is 4. The van der Waals surface area contributed by atoms with E-state index >= 15 is 0 Å². The van der Waals surface area contributed by atoms with E-state index in [0.29, 0.717) is 18.9 Å². The van der Waals surface area contributed by atoms with Crippen LogP contribution in [-0.4, -0.2) is 46.1 Å². The van der Waals surface area contributed by atoms with Gasteiger partial charge in [-0.1, -0.05) is 29.8 Å². The van der Waals surface area contributed by atoms with Crippen LogP contribution in [0.5, 0.6) is 0 Å². The number of fused-ring (bicyclic) bond motifs is 1. The Labute approximate surface area is 191 Å². The fourth-order valence-electron chi connectivity index (χ4n) is 4.69. The zero-order chi connectivity index (χ0) is 22.1. The van der Waals surface area contributed by atoms with E-state index in [1.807, 2.05) is 24.4 Å². The number of aromatic nitrogens is 2. The molecule has 0 bridgehead atoms. The number of halogens is 1. The maximum atomic E-state index is 12.3. The molecular formula is C24H26ClN5O2. The molecule has 0 unspecified atom stereocenters. The van der Waals surface area contributed by atoms with Crippen molar-refractivity contribution in [1.29, 1.82) is 0 Å². The number of anilines is 1. The largest absolute Gasteiger partial charge is 0.328 e. The van der Waals surface area contributed by atoms with Gasteiger partial charge in [0.1, 0.15) is 0 Å². The Hall–Kier alpha value is -2.90. The second-order valence-corrected chi connectivity index (χ2v) is 9.07. The van der Waals surface area contributed by atoms with E-state index in [4.69, 9.17) is 11.6 Å². The number of benzene rings is 1. The quantitative estimate of drug-likeness (QED) is 0.639. The van der Waals surface area contributed by atoms with Crippen molar-refractivity contribution in [3.8, 4) is 0 Å². The topological polar surface area (TPSA) is 70.0 Å². The summed E-state index contributed by atoms with van der Waals surface area (Å²) in [6.45, 7) is 3.41. The predicted molar refractivity (Wildman–Crippen MR) is 124 cm³/mol. The van der Waals surface area contributed by atoms with Crippen LogP contribution in [0.15, 0.2) is 48.8 Å². The summed E-state index contributed by atoms with van der Waals surface area (Å²) in [4.78, 5) is 27.8. The van der Waals surface area contributed by atoms with Crippen molar-refractivity contribution >= 4 is 34.7 Å². The average Bonchev–Trinajstić information content (AvgIpc) is 3.20. The molecule has 0 saturated carbocycles. The molecule has 3 aromatic rings. The fourth-order valence-corrected chi connectivity index (χ4v) is 4.89. The van der Waals surface area contributed by atoms with Crippen LogP contribution >= 0.6 is 11.6 Å².